The Hall–Kier alpha value is -1.02. The van der Waals surface area contributed by atoms with Crippen LogP contribution in [0.4, 0.5) is 5.69 Å². The topological polar surface area (TPSA) is 13.7 Å². The zero-order valence-corrected chi connectivity index (χ0v) is 10.2. The van der Waals surface area contributed by atoms with E-state index in [1.807, 2.05) is 0 Å². The van der Waals surface area contributed by atoms with Crippen molar-refractivity contribution < 1.29 is 9.64 Å². The van der Waals surface area contributed by atoms with E-state index in [2.05, 4.69) is 46.0 Å². The number of methoxy groups -OCH3 is 1. The molecule has 0 amide bonds. The van der Waals surface area contributed by atoms with Crippen LogP contribution in [-0.2, 0) is 5.41 Å². The molecule has 2 nitrogen and oxygen atoms in total. The number of benzene rings is 1. The molecule has 0 bridgehead atoms. The highest BCUT2D eigenvalue weighted by Gasteiger charge is 2.44. The van der Waals surface area contributed by atoms with Crippen LogP contribution in [0.5, 0.6) is 5.75 Å². The van der Waals surface area contributed by atoms with E-state index in [-0.39, 0.29) is 5.41 Å². The lowest BCUT2D eigenvalue weighted by atomic mass is 9.81. The molecule has 1 aliphatic rings. The summed E-state index contributed by atoms with van der Waals surface area (Å²) in [7, 11) is 3.97. The van der Waals surface area contributed by atoms with E-state index < -0.39 is 0 Å². The van der Waals surface area contributed by atoms with Crippen molar-refractivity contribution >= 4 is 5.69 Å². The number of fused-ring (bicyclic) bond motifs is 1. The Morgan fingerprint density at radius 1 is 1.33 bits per heavy atom. The lowest BCUT2D eigenvalue weighted by Gasteiger charge is -2.23. The number of hydrogen-bond acceptors (Lipinski definition) is 1. The average molecular weight is 206 g/mol. The van der Waals surface area contributed by atoms with Gasteiger partial charge >= 0.3 is 0 Å². The maximum absolute atomic E-state index is 5.29. The Morgan fingerprint density at radius 3 is 2.60 bits per heavy atom. The van der Waals surface area contributed by atoms with Crippen LogP contribution >= 0.6 is 0 Å². The van der Waals surface area contributed by atoms with Gasteiger partial charge in [-0.25, -0.2) is 0 Å². The van der Waals surface area contributed by atoms with Crippen molar-refractivity contribution in [2.24, 2.45) is 0 Å². The van der Waals surface area contributed by atoms with Gasteiger partial charge in [-0.1, -0.05) is 0 Å². The molecular formula is C13H20NO+. The summed E-state index contributed by atoms with van der Waals surface area (Å²) in [4.78, 5) is 1.50. The van der Waals surface area contributed by atoms with Crippen LogP contribution in [0.15, 0.2) is 18.2 Å². The molecule has 2 heteroatoms. The minimum absolute atomic E-state index is 0.230. The van der Waals surface area contributed by atoms with Gasteiger partial charge in [0.1, 0.15) is 11.4 Å². The molecule has 0 aromatic heterocycles. The molecule has 0 radical (unpaired) electrons. The third-order valence-electron chi connectivity index (χ3n) is 4.08. The van der Waals surface area contributed by atoms with Gasteiger partial charge in [-0.15, -0.1) is 0 Å². The Labute approximate surface area is 91.9 Å². The molecule has 82 valence electrons. The van der Waals surface area contributed by atoms with Crippen molar-refractivity contribution in [1.29, 1.82) is 0 Å². The fourth-order valence-corrected chi connectivity index (χ4v) is 2.54. The molecule has 1 N–H and O–H groups in total. The second-order valence-corrected chi connectivity index (χ2v) is 5.04. The van der Waals surface area contributed by atoms with E-state index in [0.29, 0.717) is 6.04 Å². The molecule has 1 aromatic rings. The molecule has 0 fully saturated rings. The van der Waals surface area contributed by atoms with Crippen LogP contribution < -0.4 is 9.64 Å². The molecule has 1 heterocycles. The fraction of sp³-hybridized carbons (Fsp3) is 0.538. The van der Waals surface area contributed by atoms with E-state index >= 15 is 0 Å². The highest BCUT2D eigenvalue weighted by atomic mass is 16.5. The van der Waals surface area contributed by atoms with Gasteiger partial charge in [0.2, 0.25) is 0 Å². The highest BCUT2D eigenvalue weighted by Crippen LogP contribution is 2.37. The summed E-state index contributed by atoms with van der Waals surface area (Å²) in [6, 6.07) is 7.03. The van der Waals surface area contributed by atoms with Crippen LogP contribution in [0.2, 0.25) is 0 Å². The summed E-state index contributed by atoms with van der Waals surface area (Å²) in [5.41, 5.74) is 3.06. The molecule has 2 atom stereocenters. The van der Waals surface area contributed by atoms with Crippen molar-refractivity contribution in [1.82, 2.24) is 0 Å². The normalized spacial score (nSPS) is 27.5. The standard InChI is InChI=1S/C13H19NO/c1-9-13(2,3)11-8-10(15-5)6-7-12(11)14(9)4/h6-9H,1-5H3/p+1. The van der Waals surface area contributed by atoms with Gasteiger partial charge in [0.05, 0.1) is 20.2 Å². The third-order valence-corrected chi connectivity index (χ3v) is 4.08. The monoisotopic (exact) mass is 206 g/mol. The number of likely N-dealkylation sites (N-methyl/N-ethyl adjacent to an activating group) is 1. The molecule has 0 spiro atoms. The van der Waals surface area contributed by atoms with Crippen molar-refractivity contribution in [3.63, 3.8) is 0 Å². The van der Waals surface area contributed by atoms with Gasteiger partial charge in [-0.2, -0.15) is 0 Å². The molecule has 0 aliphatic carbocycles. The van der Waals surface area contributed by atoms with Crippen LogP contribution in [0.3, 0.4) is 0 Å². The SMILES string of the molecule is COc1ccc2c(c1)C(C)(C)C(C)[NH+]2C. The number of hydrogen-bond donors (Lipinski definition) is 1. The molecular weight excluding hydrogens is 186 g/mol. The molecule has 1 aromatic carbocycles. The number of nitrogens with one attached hydrogen (secondary N) is 1. The second kappa shape index (κ2) is 3.24. The van der Waals surface area contributed by atoms with Crippen LogP contribution in [0, 0.1) is 0 Å². The summed E-state index contributed by atoms with van der Waals surface area (Å²) < 4.78 is 5.29. The van der Waals surface area contributed by atoms with Gasteiger partial charge < -0.3 is 9.64 Å². The zero-order valence-electron chi connectivity index (χ0n) is 10.2. The van der Waals surface area contributed by atoms with Gasteiger partial charge in [0, 0.05) is 17.0 Å². The smallest absolute Gasteiger partial charge is 0.135 e. The zero-order chi connectivity index (χ0) is 11.2. The average Bonchev–Trinajstić information content (AvgIpc) is 2.40. The Bertz CT molecular complexity index is 384. The Balaban J connectivity index is 2.57. The van der Waals surface area contributed by atoms with Gasteiger partial charge in [-0.3, -0.25) is 0 Å². The molecule has 15 heavy (non-hydrogen) atoms. The summed E-state index contributed by atoms with van der Waals surface area (Å²) in [5.74, 6) is 0.962. The summed E-state index contributed by atoms with van der Waals surface area (Å²) in [6.07, 6.45) is 0. The van der Waals surface area contributed by atoms with E-state index in [1.165, 1.54) is 16.2 Å². The quantitative estimate of drug-likeness (QED) is 0.735. The van der Waals surface area contributed by atoms with Crippen molar-refractivity contribution in [2.45, 2.75) is 32.2 Å². The number of ether oxygens (including phenoxy) is 1. The van der Waals surface area contributed by atoms with Gasteiger partial charge in [0.25, 0.3) is 0 Å². The first-order valence-electron chi connectivity index (χ1n) is 5.51. The Morgan fingerprint density at radius 2 is 2.00 bits per heavy atom. The van der Waals surface area contributed by atoms with E-state index in [4.69, 9.17) is 4.74 Å². The Kier molecular flexibility index (Phi) is 2.27. The number of rotatable bonds is 1. The lowest BCUT2D eigenvalue weighted by Crippen LogP contribution is -3.07. The van der Waals surface area contributed by atoms with Crippen LogP contribution in [-0.4, -0.2) is 20.2 Å². The summed E-state index contributed by atoms with van der Waals surface area (Å²) >= 11 is 0. The maximum Gasteiger partial charge on any atom is 0.135 e. The maximum atomic E-state index is 5.29. The third kappa shape index (κ3) is 1.36. The van der Waals surface area contributed by atoms with E-state index in [1.54, 1.807) is 7.11 Å². The van der Waals surface area contributed by atoms with Crippen molar-refractivity contribution in [3.8, 4) is 5.75 Å². The van der Waals surface area contributed by atoms with Crippen LogP contribution in [0.1, 0.15) is 26.3 Å². The summed E-state index contributed by atoms with van der Waals surface area (Å²) in [6.45, 7) is 6.93. The first-order valence-corrected chi connectivity index (χ1v) is 5.51. The lowest BCUT2D eigenvalue weighted by molar-refractivity contribution is -0.834. The predicted molar refractivity (Wildman–Crippen MR) is 62.0 cm³/mol. The second-order valence-electron chi connectivity index (χ2n) is 5.04. The molecule has 0 saturated heterocycles. The minimum Gasteiger partial charge on any atom is -0.497 e. The van der Waals surface area contributed by atoms with Crippen molar-refractivity contribution in [3.05, 3.63) is 23.8 Å². The first-order chi connectivity index (χ1) is 6.98. The minimum atomic E-state index is 0.230. The molecule has 1 aliphatic heterocycles. The van der Waals surface area contributed by atoms with Gasteiger partial charge in [-0.05, 0) is 32.9 Å². The highest BCUT2D eigenvalue weighted by molar-refractivity contribution is 5.51. The van der Waals surface area contributed by atoms with Crippen LogP contribution in [0.25, 0.3) is 0 Å². The molecule has 2 rings (SSSR count). The largest absolute Gasteiger partial charge is 0.497 e. The first kappa shape index (κ1) is 10.5. The fourth-order valence-electron chi connectivity index (χ4n) is 2.54. The van der Waals surface area contributed by atoms with Crippen molar-refractivity contribution in [2.75, 3.05) is 14.2 Å². The van der Waals surface area contributed by atoms with E-state index in [0.717, 1.165) is 5.75 Å². The summed E-state index contributed by atoms with van der Waals surface area (Å²) in [5, 5.41) is 0. The molecule has 0 saturated carbocycles. The van der Waals surface area contributed by atoms with Gasteiger partial charge in [0.15, 0.2) is 0 Å². The molecule has 2 unspecified atom stereocenters. The number of quaternary nitrogens is 1. The predicted octanol–water partition coefficient (Wildman–Crippen LogP) is 1.52. The van der Waals surface area contributed by atoms with E-state index in [9.17, 15) is 0 Å².